The van der Waals surface area contributed by atoms with Gasteiger partial charge in [0, 0.05) is 39.4 Å². The van der Waals surface area contributed by atoms with Crippen LogP contribution in [0.15, 0.2) is 217 Å². The third-order valence-corrected chi connectivity index (χ3v) is 12.1. The molecule has 0 fully saturated rings. The minimum atomic E-state index is -0.348. The number of rotatable bonds is 7. The van der Waals surface area contributed by atoms with E-state index in [9.17, 15) is 0 Å². The third-order valence-electron chi connectivity index (χ3n) is 12.1. The van der Waals surface area contributed by atoms with Crippen molar-refractivity contribution in [3.05, 3.63) is 229 Å². The lowest BCUT2D eigenvalue weighted by Gasteiger charge is -2.40. The molecule has 0 spiro atoms. The summed E-state index contributed by atoms with van der Waals surface area (Å²) < 4.78 is 6.71. The van der Waals surface area contributed by atoms with Crippen LogP contribution >= 0.6 is 0 Å². The number of anilines is 5. The van der Waals surface area contributed by atoms with Gasteiger partial charge in [-0.3, -0.25) is 0 Å². The summed E-state index contributed by atoms with van der Waals surface area (Å²) in [5.74, 6) is 1.08. The highest BCUT2D eigenvalue weighted by Gasteiger charge is 2.52. The van der Waals surface area contributed by atoms with Crippen LogP contribution in [0.3, 0.4) is 0 Å². The van der Waals surface area contributed by atoms with Gasteiger partial charge in [0.15, 0.2) is 0 Å². The van der Waals surface area contributed by atoms with Gasteiger partial charge in [0.25, 0.3) is 0 Å². The van der Waals surface area contributed by atoms with E-state index in [1.807, 2.05) is 0 Å². The highest BCUT2D eigenvalue weighted by atomic mass is 16.3. The van der Waals surface area contributed by atoms with Crippen LogP contribution in [0.5, 0.6) is 0 Å². The quantitative estimate of drug-likeness (QED) is 0.162. The van der Waals surface area contributed by atoms with Crippen molar-refractivity contribution in [2.45, 2.75) is 18.4 Å². The van der Waals surface area contributed by atoms with Crippen molar-refractivity contribution in [3.8, 4) is 33.4 Å². The van der Waals surface area contributed by atoms with Gasteiger partial charge in [0.2, 0.25) is 0 Å². The molecule has 0 amide bonds. The molecule has 276 valence electrons. The minimum absolute atomic E-state index is 0.0432. The molecule has 9 aromatic rings. The van der Waals surface area contributed by atoms with Gasteiger partial charge < -0.3 is 14.2 Å². The summed E-state index contributed by atoms with van der Waals surface area (Å²) in [5.41, 5.74) is 15.9. The maximum atomic E-state index is 6.71. The Hall–Kier alpha value is -7.36. The van der Waals surface area contributed by atoms with Gasteiger partial charge in [-0.25, -0.2) is 0 Å². The zero-order valence-electron chi connectivity index (χ0n) is 32.2. The molecular formula is C55H40N2O. The van der Waals surface area contributed by atoms with Crippen LogP contribution in [0, 0.1) is 0 Å². The normalized spacial score (nSPS) is 16.5. The average molecular weight is 745 g/mol. The summed E-state index contributed by atoms with van der Waals surface area (Å²) in [6.07, 6.45) is 4.66. The molecule has 0 radical (unpaired) electrons. The fourth-order valence-electron chi connectivity index (χ4n) is 9.28. The van der Waals surface area contributed by atoms with Gasteiger partial charge in [0.05, 0.1) is 11.5 Å². The Labute approximate surface area is 339 Å². The maximum Gasteiger partial charge on any atom is 0.134 e. The van der Waals surface area contributed by atoms with Gasteiger partial charge in [-0.1, -0.05) is 158 Å². The van der Waals surface area contributed by atoms with Crippen LogP contribution in [0.1, 0.15) is 29.7 Å². The van der Waals surface area contributed by atoms with Gasteiger partial charge >= 0.3 is 0 Å². The van der Waals surface area contributed by atoms with Crippen molar-refractivity contribution < 1.29 is 4.42 Å². The van der Waals surface area contributed by atoms with Crippen LogP contribution in [0.4, 0.5) is 28.4 Å². The number of para-hydroxylation sites is 2. The van der Waals surface area contributed by atoms with E-state index in [1.165, 1.54) is 55.6 Å². The monoisotopic (exact) mass is 744 g/mol. The predicted molar refractivity (Wildman–Crippen MR) is 242 cm³/mol. The van der Waals surface area contributed by atoms with Gasteiger partial charge in [-0.15, -0.1) is 0 Å². The zero-order chi connectivity index (χ0) is 38.6. The molecule has 2 unspecified atom stereocenters. The standard InChI is InChI=1S/C55H40N2O/c1-55-36-35-49-48-19-11-12-20-52(48)58-54(49)53(55)50-34-27-43(37-51(50)57(55)47-17-9-4-10-18-47)42-25-32-46(33-26-42)56(44-28-21-40(22-29-44)38-13-5-2-6-14-38)45-30-23-41(24-31-45)39-15-7-3-8-16-39/h2-37,53H,1H3. The largest absolute Gasteiger partial charge is 0.460 e. The Morgan fingerprint density at radius 1 is 0.483 bits per heavy atom. The molecule has 3 heteroatoms. The van der Waals surface area contributed by atoms with Crippen molar-refractivity contribution in [3.63, 3.8) is 0 Å². The molecule has 2 aliphatic rings. The van der Waals surface area contributed by atoms with E-state index in [4.69, 9.17) is 4.42 Å². The third kappa shape index (κ3) is 5.58. The molecule has 2 heterocycles. The molecule has 0 N–H and O–H groups in total. The summed E-state index contributed by atoms with van der Waals surface area (Å²) in [5, 5.41) is 1.17. The molecule has 3 nitrogen and oxygen atoms in total. The average Bonchev–Trinajstić information content (AvgIpc) is 3.80. The SMILES string of the molecule is CC12C=Cc3c(oc4ccccc34)C1c1ccc(-c3ccc(N(c4ccc(-c5ccccc5)cc4)c4ccc(-c5ccccc5)cc4)cc3)cc1N2c1ccccc1. The first-order valence-electron chi connectivity index (χ1n) is 20.0. The van der Waals surface area contributed by atoms with E-state index >= 15 is 0 Å². The first-order chi connectivity index (χ1) is 28.6. The van der Waals surface area contributed by atoms with E-state index in [-0.39, 0.29) is 11.5 Å². The van der Waals surface area contributed by atoms with Crippen molar-refractivity contribution in [1.82, 2.24) is 0 Å². The zero-order valence-corrected chi connectivity index (χ0v) is 32.2. The summed E-state index contributed by atoms with van der Waals surface area (Å²) in [6, 6.07) is 74.1. The van der Waals surface area contributed by atoms with E-state index in [0.717, 1.165) is 34.1 Å². The fraction of sp³-hybridized carbons (Fsp3) is 0.0545. The smallest absolute Gasteiger partial charge is 0.134 e. The van der Waals surface area contributed by atoms with E-state index in [2.05, 4.69) is 235 Å². The Balaban J connectivity index is 0.984. The van der Waals surface area contributed by atoms with E-state index < -0.39 is 0 Å². The van der Waals surface area contributed by atoms with Crippen LogP contribution in [-0.2, 0) is 0 Å². The molecule has 0 saturated heterocycles. The van der Waals surface area contributed by atoms with Gasteiger partial charge in [-0.2, -0.15) is 0 Å². The first-order valence-corrected chi connectivity index (χ1v) is 20.0. The van der Waals surface area contributed by atoms with Crippen molar-refractivity contribution in [2.75, 3.05) is 9.80 Å². The number of hydrogen-bond acceptors (Lipinski definition) is 3. The number of nitrogens with zero attached hydrogens (tertiary/aromatic N) is 2. The highest BCUT2D eigenvalue weighted by molar-refractivity contribution is 5.93. The van der Waals surface area contributed by atoms with Crippen LogP contribution in [0.2, 0.25) is 0 Å². The summed E-state index contributed by atoms with van der Waals surface area (Å²) >= 11 is 0. The maximum absolute atomic E-state index is 6.71. The number of furan rings is 1. The molecule has 1 aliphatic carbocycles. The molecule has 0 bridgehead atoms. The topological polar surface area (TPSA) is 19.6 Å². The van der Waals surface area contributed by atoms with Gasteiger partial charge in [-0.05, 0) is 107 Å². The Morgan fingerprint density at radius 2 is 0.948 bits per heavy atom. The second kappa shape index (κ2) is 13.7. The van der Waals surface area contributed by atoms with Crippen molar-refractivity contribution in [1.29, 1.82) is 0 Å². The molecule has 0 saturated carbocycles. The summed E-state index contributed by atoms with van der Waals surface area (Å²) in [6.45, 7) is 2.35. The summed E-state index contributed by atoms with van der Waals surface area (Å²) in [4.78, 5) is 4.85. The second-order valence-corrected chi connectivity index (χ2v) is 15.5. The highest BCUT2D eigenvalue weighted by Crippen LogP contribution is 2.59. The van der Waals surface area contributed by atoms with Crippen LogP contribution < -0.4 is 9.80 Å². The molecule has 58 heavy (non-hydrogen) atoms. The lowest BCUT2D eigenvalue weighted by Crippen LogP contribution is -2.43. The Kier molecular flexibility index (Phi) is 8.01. The first kappa shape index (κ1) is 33.9. The molecule has 2 atom stereocenters. The fourth-order valence-corrected chi connectivity index (χ4v) is 9.28. The number of fused-ring (bicyclic) bond motifs is 7. The molecule has 1 aliphatic heterocycles. The molecule has 11 rings (SSSR count). The summed E-state index contributed by atoms with van der Waals surface area (Å²) in [7, 11) is 0. The minimum Gasteiger partial charge on any atom is -0.460 e. The van der Waals surface area contributed by atoms with Crippen LogP contribution in [0.25, 0.3) is 50.4 Å². The van der Waals surface area contributed by atoms with Crippen LogP contribution in [-0.4, -0.2) is 5.54 Å². The predicted octanol–water partition coefficient (Wildman–Crippen LogP) is 15.0. The lowest BCUT2D eigenvalue weighted by atomic mass is 9.76. The van der Waals surface area contributed by atoms with Crippen molar-refractivity contribution >= 4 is 45.5 Å². The molecule has 1 aromatic heterocycles. The van der Waals surface area contributed by atoms with E-state index in [0.29, 0.717) is 0 Å². The number of benzene rings is 8. The van der Waals surface area contributed by atoms with Crippen molar-refractivity contribution in [2.24, 2.45) is 0 Å². The molecular weight excluding hydrogens is 705 g/mol. The van der Waals surface area contributed by atoms with Gasteiger partial charge in [0.1, 0.15) is 11.3 Å². The van der Waals surface area contributed by atoms with E-state index in [1.54, 1.807) is 0 Å². The number of hydrogen-bond donors (Lipinski definition) is 0. The lowest BCUT2D eigenvalue weighted by molar-refractivity contribution is 0.440. The second-order valence-electron chi connectivity index (χ2n) is 15.5. The Bertz CT molecular complexity index is 2850. The molecule has 8 aromatic carbocycles. The Morgan fingerprint density at radius 3 is 1.52 bits per heavy atom.